The monoisotopic (exact) mass is 340 g/mol. The predicted octanol–water partition coefficient (Wildman–Crippen LogP) is 4.27. The molecule has 1 atom stereocenters. The average molecular weight is 342 g/mol. The van der Waals surface area contributed by atoms with Gasteiger partial charge in [0.25, 0.3) is 0 Å². The topological polar surface area (TPSA) is 9.23 Å². The van der Waals surface area contributed by atoms with Gasteiger partial charge < -0.3 is 4.74 Å². The van der Waals surface area contributed by atoms with E-state index in [-0.39, 0.29) is 6.10 Å². The molecular formula is C10H11Br2ClO. The van der Waals surface area contributed by atoms with Gasteiger partial charge in [0.05, 0.1) is 0 Å². The molecule has 14 heavy (non-hydrogen) atoms. The molecule has 0 saturated carbocycles. The lowest BCUT2D eigenvalue weighted by Gasteiger charge is -2.15. The lowest BCUT2D eigenvalue weighted by Crippen LogP contribution is -2.18. The maximum absolute atomic E-state index is 5.85. The Labute approximate surface area is 106 Å². The van der Waals surface area contributed by atoms with Crippen LogP contribution in [0.1, 0.15) is 6.42 Å². The number of hydrogen-bond donors (Lipinski definition) is 0. The molecule has 0 bridgehead atoms. The Morgan fingerprint density at radius 2 is 2.14 bits per heavy atom. The van der Waals surface area contributed by atoms with Crippen molar-refractivity contribution in [1.29, 1.82) is 0 Å². The molecule has 0 amide bonds. The number of halogens is 3. The minimum atomic E-state index is 0.188. The number of ether oxygens (including phenoxy) is 1. The Kier molecular flexibility index (Phi) is 5.90. The van der Waals surface area contributed by atoms with E-state index in [1.807, 2.05) is 24.3 Å². The van der Waals surface area contributed by atoms with E-state index in [0.29, 0.717) is 5.02 Å². The third kappa shape index (κ3) is 4.20. The summed E-state index contributed by atoms with van der Waals surface area (Å²) in [5.41, 5.74) is 0. The van der Waals surface area contributed by atoms with Crippen molar-refractivity contribution in [2.45, 2.75) is 12.5 Å². The van der Waals surface area contributed by atoms with Crippen molar-refractivity contribution in [2.75, 3.05) is 10.7 Å². The molecule has 4 heteroatoms. The van der Waals surface area contributed by atoms with Crippen LogP contribution in [-0.4, -0.2) is 16.8 Å². The van der Waals surface area contributed by atoms with Gasteiger partial charge in [0, 0.05) is 15.7 Å². The second-order valence-electron chi connectivity index (χ2n) is 2.83. The van der Waals surface area contributed by atoms with E-state index in [0.717, 1.165) is 22.8 Å². The van der Waals surface area contributed by atoms with Crippen molar-refractivity contribution >= 4 is 43.5 Å². The first-order valence-electron chi connectivity index (χ1n) is 4.30. The van der Waals surface area contributed by atoms with Crippen LogP contribution in [0.3, 0.4) is 0 Å². The fraction of sp³-hybridized carbons (Fsp3) is 0.400. The number of benzene rings is 1. The Balaban J connectivity index is 2.57. The van der Waals surface area contributed by atoms with Gasteiger partial charge in [0.15, 0.2) is 0 Å². The molecule has 0 radical (unpaired) electrons. The van der Waals surface area contributed by atoms with Crippen LogP contribution in [-0.2, 0) is 0 Å². The first-order valence-corrected chi connectivity index (χ1v) is 6.92. The number of alkyl halides is 2. The highest BCUT2D eigenvalue weighted by atomic mass is 79.9. The minimum absolute atomic E-state index is 0.188. The van der Waals surface area contributed by atoms with Crippen LogP contribution < -0.4 is 4.74 Å². The van der Waals surface area contributed by atoms with Crippen molar-refractivity contribution in [3.05, 3.63) is 29.3 Å². The van der Waals surface area contributed by atoms with Gasteiger partial charge in [-0.25, -0.2) is 0 Å². The third-order valence-electron chi connectivity index (χ3n) is 1.70. The standard InChI is InChI=1S/C10H11Br2ClO/c11-5-4-10(7-12)14-9-3-1-2-8(13)6-9/h1-3,6,10H,4-5,7H2/t10-/m0/s1. The highest BCUT2D eigenvalue weighted by molar-refractivity contribution is 9.09. The number of hydrogen-bond acceptors (Lipinski definition) is 1. The molecule has 0 unspecified atom stereocenters. The molecule has 0 aliphatic heterocycles. The quantitative estimate of drug-likeness (QED) is 0.726. The fourth-order valence-corrected chi connectivity index (χ4v) is 2.17. The first kappa shape index (κ1) is 12.3. The molecule has 78 valence electrons. The highest BCUT2D eigenvalue weighted by Crippen LogP contribution is 2.19. The Hall–Kier alpha value is 0.270. The second-order valence-corrected chi connectivity index (χ2v) is 4.71. The van der Waals surface area contributed by atoms with Crippen LogP contribution in [0.5, 0.6) is 5.75 Å². The third-order valence-corrected chi connectivity index (χ3v) is 3.12. The first-order chi connectivity index (χ1) is 6.76. The molecule has 0 spiro atoms. The van der Waals surface area contributed by atoms with Crippen molar-refractivity contribution < 1.29 is 4.74 Å². The molecule has 1 aromatic rings. The summed E-state index contributed by atoms with van der Waals surface area (Å²) in [4.78, 5) is 0. The zero-order chi connectivity index (χ0) is 10.4. The molecular weight excluding hydrogens is 331 g/mol. The summed E-state index contributed by atoms with van der Waals surface area (Å²) < 4.78 is 5.72. The summed E-state index contributed by atoms with van der Waals surface area (Å²) in [6, 6.07) is 7.46. The Bertz CT molecular complexity index is 281. The maximum atomic E-state index is 5.85. The predicted molar refractivity (Wildman–Crippen MR) is 68.1 cm³/mol. The van der Waals surface area contributed by atoms with Gasteiger partial charge in [-0.15, -0.1) is 0 Å². The molecule has 0 heterocycles. The second kappa shape index (κ2) is 6.70. The van der Waals surface area contributed by atoms with Gasteiger partial charge in [-0.3, -0.25) is 0 Å². The molecule has 0 fully saturated rings. The van der Waals surface area contributed by atoms with Crippen LogP contribution in [0, 0.1) is 0 Å². The van der Waals surface area contributed by atoms with Crippen LogP contribution in [0.4, 0.5) is 0 Å². The summed E-state index contributed by atoms with van der Waals surface area (Å²) in [7, 11) is 0. The molecule has 0 aromatic heterocycles. The summed E-state index contributed by atoms with van der Waals surface area (Å²) in [5.74, 6) is 0.822. The van der Waals surface area contributed by atoms with Crippen LogP contribution in [0.2, 0.25) is 5.02 Å². The van der Waals surface area contributed by atoms with Crippen LogP contribution in [0.25, 0.3) is 0 Å². The van der Waals surface area contributed by atoms with Crippen molar-refractivity contribution in [3.8, 4) is 5.75 Å². The Morgan fingerprint density at radius 1 is 1.36 bits per heavy atom. The van der Waals surface area contributed by atoms with Crippen molar-refractivity contribution in [2.24, 2.45) is 0 Å². The van der Waals surface area contributed by atoms with Gasteiger partial charge in [-0.1, -0.05) is 49.5 Å². The van der Waals surface area contributed by atoms with E-state index in [1.54, 1.807) is 0 Å². The van der Waals surface area contributed by atoms with Crippen molar-refractivity contribution in [3.63, 3.8) is 0 Å². The Morgan fingerprint density at radius 3 is 2.71 bits per heavy atom. The van der Waals surface area contributed by atoms with Gasteiger partial charge in [-0.2, -0.15) is 0 Å². The number of rotatable bonds is 5. The lowest BCUT2D eigenvalue weighted by molar-refractivity contribution is 0.225. The molecule has 1 nitrogen and oxygen atoms in total. The van der Waals surface area contributed by atoms with E-state index in [9.17, 15) is 0 Å². The van der Waals surface area contributed by atoms with Crippen LogP contribution >= 0.6 is 43.5 Å². The molecule has 0 aliphatic carbocycles. The smallest absolute Gasteiger partial charge is 0.121 e. The molecule has 1 rings (SSSR count). The zero-order valence-electron chi connectivity index (χ0n) is 7.55. The van der Waals surface area contributed by atoms with Gasteiger partial charge >= 0.3 is 0 Å². The van der Waals surface area contributed by atoms with Crippen LogP contribution in [0.15, 0.2) is 24.3 Å². The van der Waals surface area contributed by atoms with E-state index in [1.165, 1.54) is 0 Å². The van der Waals surface area contributed by atoms with E-state index >= 15 is 0 Å². The molecule has 0 aliphatic rings. The summed E-state index contributed by atoms with van der Waals surface area (Å²) >= 11 is 12.7. The fourth-order valence-electron chi connectivity index (χ4n) is 1.02. The molecule has 0 saturated heterocycles. The van der Waals surface area contributed by atoms with E-state index in [2.05, 4.69) is 31.9 Å². The van der Waals surface area contributed by atoms with E-state index in [4.69, 9.17) is 16.3 Å². The minimum Gasteiger partial charge on any atom is -0.489 e. The zero-order valence-corrected chi connectivity index (χ0v) is 11.5. The van der Waals surface area contributed by atoms with Gasteiger partial charge in [0.1, 0.15) is 11.9 Å². The molecule has 0 N–H and O–H groups in total. The lowest BCUT2D eigenvalue weighted by atomic mass is 10.3. The maximum Gasteiger partial charge on any atom is 0.121 e. The van der Waals surface area contributed by atoms with Gasteiger partial charge in [-0.05, 0) is 24.6 Å². The molecule has 1 aromatic carbocycles. The normalized spacial score (nSPS) is 12.5. The average Bonchev–Trinajstić information content (AvgIpc) is 2.17. The van der Waals surface area contributed by atoms with Crippen molar-refractivity contribution in [1.82, 2.24) is 0 Å². The largest absolute Gasteiger partial charge is 0.489 e. The summed E-state index contributed by atoms with van der Waals surface area (Å²) in [6.45, 7) is 0. The van der Waals surface area contributed by atoms with E-state index < -0.39 is 0 Å². The SMILES string of the molecule is Clc1cccc(O[C@H](CBr)CCBr)c1. The summed E-state index contributed by atoms with van der Waals surface area (Å²) in [5, 5.41) is 2.46. The summed E-state index contributed by atoms with van der Waals surface area (Å²) in [6.07, 6.45) is 1.16. The van der Waals surface area contributed by atoms with Gasteiger partial charge in [0.2, 0.25) is 0 Å². The highest BCUT2D eigenvalue weighted by Gasteiger charge is 2.07.